The van der Waals surface area contributed by atoms with Gasteiger partial charge in [0.1, 0.15) is 0 Å². The molecule has 0 aromatic heterocycles. The average Bonchev–Trinajstić information content (AvgIpc) is 3.43. The van der Waals surface area contributed by atoms with Crippen LogP contribution in [0, 0.1) is 5.92 Å². The number of carbonyl (C=O) groups excluding carboxylic acids is 3. The van der Waals surface area contributed by atoms with Crippen molar-refractivity contribution in [3.05, 3.63) is 30.3 Å². The molecule has 2 aliphatic heterocycles. The molecule has 30 heavy (non-hydrogen) atoms. The fraction of sp³-hybridized carbons (Fsp3) is 0.609. The number of likely N-dealkylation sites (tertiary alicyclic amines) is 1. The molecular formula is C23H31N3O4. The molecule has 0 radical (unpaired) electrons. The molecule has 2 amide bonds. The standard InChI is InChI=1S/C23H31N3O4/c1-17(22(28)25-13-11-24(12-14-25)19-7-3-2-4-8-19)30-23(29)18-15-21(27)26(16-18)20-9-5-6-10-20/h2-4,7-8,17-18,20H,5-6,9-16H2,1H3/t17-,18-/m1/s1. The van der Waals surface area contributed by atoms with Crippen LogP contribution in [0.2, 0.25) is 0 Å². The molecule has 0 N–H and O–H groups in total. The van der Waals surface area contributed by atoms with Crippen LogP contribution in [-0.4, -0.2) is 72.5 Å². The molecule has 3 fully saturated rings. The molecule has 1 aromatic carbocycles. The molecule has 2 atom stereocenters. The lowest BCUT2D eigenvalue weighted by molar-refractivity contribution is -0.162. The zero-order valence-electron chi connectivity index (χ0n) is 17.7. The van der Waals surface area contributed by atoms with Crippen molar-refractivity contribution in [3.63, 3.8) is 0 Å². The Morgan fingerprint density at radius 3 is 2.37 bits per heavy atom. The van der Waals surface area contributed by atoms with Gasteiger partial charge in [-0.25, -0.2) is 0 Å². The largest absolute Gasteiger partial charge is 0.452 e. The molecule has 7 heteroatoms. The fourth-order valence-corrected chi connectivity index (χ4v) is 4.86. The Labute approximate surface area is 177 Å². The Morgan fingerprint density at radius 1 is 1.03 bits per heavy atom. The minimum Gasteiger partial charge on any atom is -0.452 e. The average molecular weight is 414 g/mol. The van der Waals surface area contributed by atoms with Gasteiger partial charge < -0.3 is 19.4 Å². The molecule has 0 spiro atoms. The number of ether oxygens (including phenoxy) is 1. The number of carbonyl (C=O) groups is 3. The van der Waals surface area contributed by atoms with Crippen molar-refractivity contribution in [2.45, 2.75) is 51.2 Å². The summed E-state index contributed by atoms with van der Waals surface area (Å²) in [5.41, 5.74) is 1.15. The first-order chi connectivity index (χ1) is 14.5. The van der Waals surface area contributed by atoms with Crippen molar-refractivity contribution >= 4 is 23.5 Å². The van der Waals surface area contributed by atoms with Gasteiger partial charge in [-0.2, -0.15) is 0 Å². The number of hydrogen-bond donors (Lipinski definition) is 0. The van der Waals surface area contributed by atoms with E-state index < -0.39 is 18.0 Å². The summed E-state index contributed by atoms with van der Waals surface area (Å²) < 4.78 is 5.50. The number of rotatable bonds is 5. The van der Waals surface area contributed by atoms with Crippen LogP contribution in [-0.2, 0) is 19.1 Å². The van der Waals surface area contributed by atoms with Crippen LogP contribution in [0.5, 0.6) is 0 Å². The molecule has 7 nitrogen and oxygen atoms in total. The summed E-state index contributed by atoms with van der Waals surface area (Å²) in [6.07, 6.45) is 3.72. The molecular weight excluding hydrogens is 382 g/mol. The fourth-order valence-electron chi connectivity index (χ4n) is 4.86. The van der Waals surface area contributed by atoms with Gasteiger partial charge in [-0.05, 0) is 31.9 Å². The maximum atomic E-state index is 12.8. The minimum absolute atomic E-state index is 0.0415. The van der Waals surface area contributed by atoms with Gasteiger partial charge in [-0.3, -0.25) is 14.4 Å². The highest BCUT2D eigenvalue weighted by molar-refractivity contribution is 5.89. The number of esters is 1. The molecule has 2 heterocycles. The predicted octanol–water partition coefficient (Wildman–Crippen LogP) is 2.06. The summed E-state index contributed by atoms with van der Waals surface area (Å²) >= 11 is 0. The Hall–Kier alpha value is -2.57. The van der Waals surface area contributed by atoms with E-state index in [0.717, 1.165) is 44.5 Å². The number of amides is 2. The third-order valence-electron chi connectivity index (χ3n) is 6.61. The third-order valence-corrected chi connectivity index (χ3v) is 6.61. The number of nitrogens with zero attached hydrogens (tertiary/aromatic N) is 3. The minimum atomic E-state index is -0.823. The van der Waals surface area contributed by atoms with E-state index in [2.05, 4.69) is 17.0 Å². The summed E-state index contributed by atoms with van der Waals surface area (Å²) in [6.45, 7) is 4.78. The van der Waals surface area contributed by atoms with Gasteiger partial charge in [0.25, 0.3) is 5.91 Å². The highest BCUT2D eigenvalue weighted by Crippen LogP contribution is 2.30. The van der Waals surface area contributed by atoms with Gasteiger partial charge in [0.15, 0.2) is 6.10 Å². The van der Waals surface area contributed by atoms with Crippen molar-refractivity contribution in [3.8, 4) is 0 Å². The third kappa shape index (κ3) is 4.45. The molecule has 2 saturated heterocycles. The first kappa shape index (κ1) is 20.7. The summed E-state index contributed by atoms with van der Waals surface area (Å²) in [7, 11) is 0. The van der Waals surface area contributed by atoms with Gasteiger partial charge >= 0.3 is 5.97 Å². The highest BCUT2D eigenvalue weighted by Gasteiger charge is 2.40. The highest BCUT2D eigenvalue weighted by atomic mass is 16.5. The van der Waals surface area contributed by atoms with E-state index in [-0.39, 0.29) is 24.3 Å². The Kier molecular flexibility index (Phi) is 6.25. The molecule has 3 aliphatic rings. The number of hydrogen-bond acceptors (Lipinski definition) is 5. The van der Waals surface area contributed by atoms with Crippen LogP contribution in [0.3, 0.4) is 0 Å². The Bertz CT molecular complexity index is 770. The number of piperazine rings is 1. The predicted molar refractivity (Wildman–Crippen MR) is 113 cm³/mol. The van der Waals surface area contributed by atoms with E-state index in [4.69, 9.17) is 4.74 Å². The molecule has 0 bridgehead atoms. The molecule has 1 aromatic rings. The van der Waals surface area contributed by atoms with Gasteiger partial charge in [0.05, 0.1) is 5.92 Å². The van der Waals surface area contributed by atoms with Crippen LogP contribution >= 0.6 is 0 Å². The van der Waals surface area contributed by atoms with Crippen LogP contribution in [0.15, 0.2) is 30.3 Å². The second-order valence-electron chi connectivity index (χ2n) is 8.61. The maximum Gasteiger partial charge on any atom is 0.312 e. The van der Waals surface area contributed by atoms with Crippen molar-refractivity contribution < 1.29 is 19.1 Å². The molecule has 0 unspecified atom stereocenters. The quantitative estimate of drug-likeness (QED) is 0.691. The molecule has 162 valence electrons. The summed E-state index contributed by atoms with van der Waals surface area (Å²) in [4.78, 5) is 43.6. The summed E-state index contributed by atoms with van der Waals surface area (Å²) in [5, 5.41) is 0. The van der Waals surface area contributed by atoms with Gasteiger partial charge in [-0.1, -0.05) is 31.0 Å². The second kappa shape index (κ2) is 9.06. The smallest absolute Gasteiger partial charge is 0.312 e. The number of anilines is 1. The van der Waals surface area contributed by atoms with Crippen LogP contribution < -0.4 is 4.90 Å². The normalized spacial score (nSPS) is 23.7. The van der Waals surface area contributed by atoms with Gasteiger partial charge in [0.2, 0.25) is 5.91 Å². The summed E-state index contributed by atoms with van der Waals surface area (Å²) in [5.74, 6) is -0.996. The van der Waals surface area contributed by atoms with E-state index in [1.807, 2.05) is 23.1 Å². The van der Waals surface area contributed by atoms with Crippen molar-refractivity contribution in [2.24, 2.45) is 5.92 Å². The second-order valence-corrected chi connectivity index (χ2v) is 8.61. The lowest BCUT2D eigenvalue weighted by atomic mass is 10.1. The molecule has 1 aliphatic carbocycles. The zero-order valence-corrected chi connectivity index (χ0v) is 17.7. The first-order valence-electron chi connectivity index (χ1n) is 11.1. The van der Waals surface area contributed by atoms with E-state index in [1.165, 1.54) is 0 Å². The lowest BCUT2D eigenvalue weighted by Crippen LogP contribution is -2.51. The monoisotopic (exact) mass is 413 g/mol. The first-order valence-corrected chi connectivity index (χ1v) is 11.1. The topological polar surface area (TPSA) is 70.2 Å². The van der Waals surface area contributed by atoms with E-state index in [0.29, 0.717) is 19.6 Å². The number of benzene rings is 1. The lowest BCUT2D eigenvalue weighted by Gasteiger charge is -2.37. The molecule has 4 rings (SSSR count). The Balaban J connectivity index is 1.25. The van der Waals surface area contributed by atoms with Gasteiger partial charge in [0, 0.05) is 50.9 Å². The van der Waals surface area contributed by atoms with Crippen molar-refractivity contribution in [1.82, 2.24) is 9.80 Å². The van der Waals surface area contributed by atoms with Crippen molar-refractivity contribution in [2.75, 3.05) is 37.6 Å². The SMILES string of the molecule is C[C@@H](OC(=O)[C@@H]1CC(=O)N(C2CCCC2)C1)C(=O)N1CCN(c2ccccc2)CC1. The van der Waals surface area contributed by atoms with E-state index >= 15 is 0 Å². The van der Waals surface area contributed by atoms with Crippen LogP contribution in [0.25, 0.3) is 0 Å². The molecule has 1 saturated carbocycles. The van der Waals surface area contributed by atoms with Gasteiger partial charge in [-0.15, -0.1) is 0 Å². The Morgan fingerprint density at radius 2 is 1.70 bits per heavy atom. The number of para-hydroxylation sites is 1. The summed E-state index contributed by atoms with van der Waals surface area (Å²) in [6, 6.07) is 10.4. The van der Waals surface area contributed by atoms with Crippen LogP contribution in [0.4, 0.5) is 5.69 Å². The maximum absolute atomic E-state index is 12.8. The van der Waals surface area contributed by atoms with Crippen LogP contribution in [0.1, 0.15) is 39.0 Å². The zero-order chi connectivity index (χ0) is 21.1. The van der Waals surface area contributed by atoms with E-state index in [1.54, 1.807) is 11.8 Å². The van der Waals surface area contributed by atoms with E-state index in [9.17, 15) is 14.4 Å². The van der Waals surface area contributed by atoms with Crippen molar-refractivity contribution in [1.29, 1.82) is 0 Å².